The van der Waals surface area contributed by atoms with Crippen LogP contribution in [0.5, 0.6) is 0 Å². The van der Waals surface area contributed by atoms with Crippen LogP contribution in [0.15, 0.2) is 0 Å². The van der Waals surface area contributed by atoms with Crippen LogP contribution in [0.1, 0.15) is 6.42 Å². The summed E-state index contributed by atoms with van der Waals surface area (Å²) in [6.45, 7) is 6.81. The Morgan fingerprint density at radius 3 is 3.11 bits per heavy atom. The lowest BCUT2D eigenvalue weighted by Crippen LogP contribution is -2.27. The van der Waals surface area contributed by atoms with Crippen LogP contribution in [0.25, 0.3) is 0 Å². The van der Waals surface area contributed by atoms with Gasteiger partial charge in [0.1, 0.15) is 5.94 Å². The van der Waals surface area contributed by atoms with Gasteiger partial charge in [-0.05, 0) is 6.42 Å². The van der Waals surface area contributed by atoms with E-state index in [1.54, 1.807) is 11.9 Å². The smallest absolute Gasteiger partial charge is 0.107 e. The predicted molar refractivity (Wildman–Crippen MR) is 40.0 cm³/mol. The summed E-state index contributed by atoms with van der Waals surface area (Å²) < 4.78 is 7.45. The first-order chi connectivity index (χ1) is 4.43. The molecule has 53 valence electrons. The van der Waals surface area contributed by atoms with Crippen molar-refractivity contribution < 1.29 is 4.74 Å². The van der Waals surface area contributed by atoms with Crippen LogP contribution in [0.4, 0.5) is 0 Å². The summed E-state index contributed by atoms with van der Waals surface area (Å²) in [5, 5.41) is 0. The fourth-order valence-electron chi connectivity index (χ4n) is 0.754. The minimum Gasteiger partial charge on any atom is -0.368 e. The van der Waals surface area contributed by atoms with Gasteiger partial charge in [-0.3, -0.25) is 0 Å². The topological polar surface area (TPSA) is 12.5 Å². The van der Waals surface area contributed by atoms with E-state index in [1.165, 1.54) is 0 Å². The Morgan fingerprint density at radius 1 is 1.67 bits per heavy atom. The molecule has 1 fully saturated rings. The molecule has 1 rings (SSSR count). The average Bonchev–Trinajstić information content (AvgIpc) is 1.91. The summed E-state index contributed by atoms with van der Waals surface area (Å²) >= 11 is 1.76. The molecule has 1 radical (unpaired) electrons. The zero-order valence-corrected chi connectivity index (χ0v) is 6.32. The molecule has 2 nitrogen and oxygen atoms in total. The highest BCUT2D eigenvalue weighted by Gasteiger charge is 2.08. The van der Waals surface area contributed by atoms with Crippen molar-refractivity contribution in [3.63, 3.8) is 0 Å². The molecule has 3 heteroatoms. The molecule has 0 aromatic carbocycles. The highest BCUT2D eigenvalue weighted by molar-refractivity contribution is 7.96. The summed E-state index contributed by atoms with van der Waals surface area (Å²) in [5.74, 6) is 0.819. The van der Waals surface area contributed by atoms with Crippen LogP contribution in [0, 0.1) is 6.92 Å². The van der Waals surface area contributed by atoms with Gasteiger partial charge in [0.15, 0.2) is 0 Å². The van der Waals surface area contributed by atoms with E-state index in [0.29, 0.717) is 0 Å². The third-order valence-electron chi connectivity index (χ3n) is 1.21. The minimum absolute atomic E-state index is 0.819. The first-order valence-electron chi connectivity index (χ1n) is 3.18. The normalized spacial score (nSPS) is 22.3. The molecule has 0 N–H and O–H groups in total. The largest absolute Gasteiger partial charge is 0.368 e. The number of nitrogens with zero attached hydrogens (tertiary/aromatic N) is 1. The Bertz CT molecular complexity index is 70.7. The maximum atomic E-state index is 5.15. The second-order valence-corrected chi connectivity index (χ2v) is 2.95. The van der Waals surface area contributed by atoms with E-state index in [9.17, 15) is 0 Å². The van der Waals surface area contributed by atoms with Crippen LogP contribution in [0.3, 0.4) is 0 Å². The van der Waals surface area contributed by atoms with E-state index < -0.39 is 0 Å². The third kappa shape index (κ3) is 2.56. The van der Waals surface area contributed by atoms with Crippen molar-refractivity contribution in [1.29, 1.82) is 0 Å². The summed E-state index contributed by atoms with van der Waals surface area (Å²) in [5.41, 5.74) is 0. The van der Waals surface area contributed by atoms with Crippen LogP contribution >= 0.6 is 11.9 Å². The molecule has 0 bridgehead atoms. The lowest BCUT2D eigenvalue weighted by atomic mass is 10.5. The number of ether oxygens (including phenoxy) is 1. The second kappa shape index (κ2) is 4.14. The summed E-state index contributed by atoms with van der Waals surface area (Å²) in [6, 6.07) is 0. The third-order valence-corrected chi connectivity index (χ3v) is 2.21. The van der Waals surface area contributed by atoms with Crippen molar-refractivity contribution in [2.45, 2.75) is 6.42 Å². The van der Waals surface area contributed by atoms with E-state index >= 15 is 0 Å². The molecule has 0 aliphatic carbocycles. The van der Waals surface area contributed by atoms with Crippen molar-refractivity contribution in [1.82, 2.24) is 4.31 Å². The van der Waals surface area contributed by atoms with E-state index in [-0.39, 0.29) is 0 Å². The molecule has 1 aliphatic rings. The van der Waals surface area contributed by atoms with Crippen molar-refractivity contribution in [3.8, 4) is 0 Å². The van der Waals surface area contributed by atoms with Gasteiger partial charge < -0.3 is 4.74 Å². The van der Waals surface area contributed by atoms with Gasteiger partial charge in [0.25, 0.3) is 0 Å². The van der Waals surface area contributed by atoms with Crippen LogP contribution in [0.2, 0.25) is 0 Å². The lowest BCUT2D eigenvalue weighted by molar-refractivity contribution is 0.148. The fourth-order valence-corrected chi connectivity index (χ4v) is 1.56. The molecule has 0 saturated carbocycles. The van der Waals surface area contributed by atoms with Gasteiger partial charge in [0.05, 0.1) is 6.61 Å². The maximum absolute atomic E-state index is 5.15. The van der Waals surface area contributed by atoms with Gasteiger partial charge in [-0.2, -0.15) is 0 Å². The van der Waals surface area contributed by atoms with E-state index in [0.717, 1.165) is 32.1 Å². The molecule has 0 unspecified atom stereocenters. The van der Waals surface area contributed by atoms with Gasteiger partial charge in [0, 0.05) is 13.1 Å². The predicted octanol–water partition coefficient (Wildman–Crippen LogP) is 1.15. The van der Waals surface area contributed by atoms with Gasteiger partial charge in [-0.25, -0.2) is 4.31 Å². The molecular weight excluding hydrogens is 134 g/mol. The first kappa shape index (κ1) is 7.38. The van der Waals surface area contributed by atoms with Gasteiger partial charge in [-0.15, -0.1) is 0 Å². The quantitative estimate of drug-likeness (QED) is 0.542. The number of hydrogen-bond acceptors (Lipinski definition) is 3. The summed E-state index contributed by atoms with van der Waals surface area (Å²) in [4.78, 5) is 0. The monoisotopic (exact) mass is 146 g/mol. The highest BCUT2D eigenvalue weighted by Crippen LogP contribution is 2.13. The first-order valence-corrected chi connectivity index (χ1v) is 4.12. The van der Waals surface area contributed by atoms with E-state index in [1.807, 2.05) is 0 Å². The van der Waals surface area contributed by atoms with Crippen molar-refractivity contribution in [2.24, 2.45) is 0 Å². The molecule has 1 aliphatic heterocycles. The molecule has 9 heavy (non-hydrogen) atoms. The molecule has 1 saturated heterocycles. The lowest BCUT2D eigenvalue weighted by Gasteiger charge is -2.24. The second-order valence-electron chi connectivity index (χ2n) is 1.94. The van der Waals surface area contributed by atoms with Gasteiger partial charge >= 0.3 is 0 Å². The Hall–Kier alpha value is 0.270. The van der Waals surface area contributed by atoms with Gasteiger partial charge in [0.2, 0.25) is 0 Å². The summed E-state index contributed by atoms with van der Waals surface area (Å²) in [7, 11) is 0. The minimum atomic E-state index is 0.819. The zero-order valence-electron chi connectivity index (χ0n) is 5.51. The Morgan fingerprint density at radius 2 is 2.56 bits per heavy atom. The zero-order chi connectivity index (χ0) is 6.53. The average molecular weight is 146 g/mol. The molecule has 0 amide bonds. The van der Waals surface area contributed by atoms with E-state index in [2.05, 4.69) is 11.2 Å². The molecule has 0 aromatic heterocycles. The molecule has 1 heterocycles. The number of rotatable bonds is 2. The van der Waals surface area contributed by atoms with Crippen LogP contribution < -0.4 is 0 Å². The van der Waals surface area contributed by atoms with Crippen molar-refractivity contribution in [3.05, 3.63) is 6.92 Å². The molecule has 0 aromatic rings. The van der Waals surface area contributed by atoms with Crippen LogP contribution in [-0.2, 0) is 4.74 Å². The molecule has 0 spiro atoms. The maximum Gasteiger partial charge on any atom is 0.107 e. The van der Waals surface area contributed by atoms with Crippen molar-refractivity contribution in [2.75, 3.05) is 25.6 Å². The highest BCUT2D eigenvalue weighted by atomic mass is 32.2. The molecule has 0 atom stereocenters. The van der Waals surface area contributed by atoms with E-state index in [4.69, 9.17) is 4.74 Å². The SMILES string of the molecule is [CH2]CCN1CCOCS1. The standard InChI is InChI=1S/C6H12NOS/c1-2-3-7-4-5-8-6-9-7/h1-6H2. The van der Waals surface area contributed by atoms with Gasteiger partial charge in [-0.1, -0.05) is 18.9 Å². The van der Waals surface area contributed by atoms with Crippen molar-refractivity contribution >= 4 is 11.9 Å². The summed E-state index contributed by atoms with van der Waals surface area (Å²) in [6.07, 6.45) is 0.993. The molecular formula is C6H12NOS. The Labute approximate surface area is 60.7 Å². The Balaban J connectivity index is 2.08. The fraction of sp³-hybridized carbons (Fsp3) is 0.833. The Kier molecular flexibility index (Phi) is 3.40. The van der Waals surface area contributed by atoms with Crippen LogP contribution in [-0.4, -0.2) is 29.9 Å². The number of hydrogen-bond donors (Lipinski definition) is 0.